The molecule has 1 heterocycles. The molecule has 1 aromatic carbocycles. The Morgan fingerprint density at radius 2 is 2.00 bits per heavy atom. The molecule has 0 bridgehead atoms. The smallest absolute Gasteiger partial charge is 0.261 e. The first kappa shape index (κ1) is 12.2. The summed E-state index contributed by atoms with van der Waals surface area (Å²) in [6.07, 6.45) is 5.24. The minimum absolute atomic E-state index is 0.0988. The number of nitrogens with zero attached hydrogens (tertiary/aromatic N) is 1. The average Bonchev–Trinajstić information content (AvgIpc) is 2.34. The number of allylic oxidation sites excluding steroid dienone is 2. The average molecular weight is 257 g/mol. The highest BCUT2D eigenvalue weighted by Gasteiger charge is 2.19. The molecule has 90 valence electrons. The molecule has 0 fully saturated rings. The number of amides is 1. The van der Waals surface area contributed by atoms with Crippen molar-refractivity contribution in [3.63, 3.8) is 0 Å². The van der Waals surface area contributed by atoms with Gasteiger partial charge in [0.1, 0.15) is 5.84 Å². The first-order valence-electron chi connectivity index (χ1n) is 5.30. The van der Waals surface area contributed by atoms with Gasteiger partial charge in [-0.25, -0.2) is 4.99 Å². The molecule has 1 aliphatic heterocycles. The number of carbonyl (C=O) groups excluding carboxylic acids is 1. The van der Waals surface area contributed by atoms with E-state index in [1.807, 2.05) is 36.4 Å². The highest BCUT2D eigenvalue weighted by molar-refractivity contribution is 7.80. The highest BCUT2D eigenvalue weighted by Crippen LogP contribution is 2.05. The third-order valence-corrected chi connectivity index (χ3v) is 2.51. The van der Waals surface area contributed by atoms with Crippen LogP contribution < -0.4 is 11.1 Å². The number of hydrogen-bond donors (Lipinski definition) is 2. The zero-order chi connectivity index (χ0) is 13.0. The molecule has 0 radical (unpaired) electrons. The summed E-state index contributed by atoms with van der Waals surface area (Å²) >= 11 is 4.76. The van der Waals surface area contributed by atoms with Crippen LogP contribution >= 0.6 is 12.2 Å². The van der Waals surface area contributed by atoms with E-state index in [1.54, 1.807) is 12.2 Å². The second kappa shape index (κ2) is 5.37. The Balaban J connectivity index is 2.19. The van der Waals surface area contributed by atoms with Crippen molar-refractivity contribution < 1.29 is 4.79 Å². The van der Waals surface area contributed by atoms with Gasteiger partial charge in [0.25, 0.3) is 5.91 Å². The summed E-state index contributed by atoms with van der Waals surface area (Å²) in [6, 6.07) is 9.74. The van der Waals surface area contributed by atoms with E-state index >= 15 is 0 Å². The molecule has 0 saturated carbocycles. The van der Waals surface area contributed by atoms with Crippen LogP contribution in [0, 0.1) is 0 Å². The zero-order valence-electron chi connectivity index (χ0n) is 9.46. The van der Waals surface area contributed by atoms with Gasteiger partial charge in [-0.1, -0.05) is 42.5 Å². The number of thiocarbonyl (C=S) groups is 1. The monoisotopic (exact) mass is 257 g/mol. The second-order valence-corrected chi connectivity index (χ2v) is 3.99. The van der Waals surface area contributed by atoms with Gasteiger partial charge in [0, 0.05) is 0 Å². The van der Waals surface area contributed by atoms with Crippen LogP contribution in [-0.2, 0) is 4.79 Å². The molecule has 1 aromatic rings. The van der Waals surface area contributed by atoms with Gasteiger partial charge in [0.15, 0.2) is 0 Å². The maximum Gasteiger partial charge on any atom is 0.261 e. The Labute approximate surface area is 110 Å². The van der Waals surface area contributed by atoms with E-state index in [9.17, 15) is 4.79 Å². The minimum atomic E-state index is -0.329. The third kappa shape index (κ3) is 2.89. The SMILES string of the molecule is NC1=NC(=S)NC(=O)/C1=C/C=C/c1ccccc1. The Kier molecular flexibility index (Phi) is 3.64. The van der Waals surface area contributed by atoms with Crippen LogP contribution in [0.3, 0.4) is 0 Å². The summed E-state index contributed by atoms with van der Waals surface area (Å²) in [6.45, 7) is 0. The Morgan fingerprint density at radius 3 is 2.67 bits per heavy atom. The lowest BCUT2D eigenvalue weighted by atomic mass is 10.1. The quantitative estimate of drug-likeness (QED) is 0.621. The number of nitrogens with two attached hydrogens (primary N) is 1. The number of hydrogen-bond acceptors (Lipinski definition) is 3. The first-order chi connectivity index (χ1) is 8.66. The lowest BCUT2D eigenvalue weighted by Crippen LogP contribution is -2.40. The first-order valence-corrected chi connectivity index (χ1v) is 5.71. The molecule has 18 heavy (non-hydrogen) atoms. The Bertz CT molecular complexity index is 573. The third-order valence-electron chi connectivity index (χ3n) is 2.31. The maximum absolute atomic E-state index is 11.6. The molecule has 0 unspecified atom stereocenters. The van der Waals surface area contributed by atoms with Crippen LogP contribution in [0.15, 0.2) is 53.0 Å². The van der Waals surface area contributed by atoms with Gasteiger partial charge in [-0.2, -0.15) is 0 Å². The summed E-state index contributed by atoms with van der Waals surface area (Å²) < 4.78 is 0. The largest absolute Gasteiger partial charge is 0.383 e. The van der Waals surface area contributed by atoms with Gasteiger partial charge in [-0.05, 0) is 23.9 Å². The van der Waals surface area contributed by atoms with Gasteiger partial charge in [0.05, 0.1) is 5.57 Å². The number of rotatable bonds is 2. The van der Waals surface area contributed by atoms with Crippen molar-refractivity contribution in [2.45, 2.75) is 0 Å². The molecule has 1 aliphatic rings. The van der Waals surface area contributed by atoms with Crippen LogP contribution in [-0.4, -0.2) is 16.9 Å². The van der Waals surface area contributed by atoms with Crippen molar-refractivity contribution >= 4 is 35.1 Å². The topological polar surface area (TPSA) is 67.5 Å². The lowest BCUT2D eigenvalue weighted by molar-refractivity contribution is -0.115. The van der Waals surface area contributed by atoms with E-state index in [4.69, 9.17) is 18.0 Å². The number of benzene rings is 1. The van der Waals surface area contributed by atoms with E-state index in [0.717, 1.165) is 5.56 Å². The minimum Gasteiger partial charge on any atom is -0.383 e. The van der Waals surface area contributed by atoms with Crippen molar-refractivity contribution in [3.8, 4) is 0 Å². The summed E-state index contributed by atoms with van der Waals surface area (Å²) in [4.78, 5) is 15.4. The predicted molar refractivity (Wildman–Crippen MR) is 75.9 cm³/mol. The van der Waals surface area contributed by atoms with Crippen molar-refractivity contribution in [1.29, 1.82) is 0 Å². The van der Waals surface area contributed by atoms with E-state index in [0.29, 0.717) is 5.57 Å². The molecule has 0 aliphatic carbocycles. The predicted octanol–water partition coefficient (Wildman–Crippen LogP) is 1.40. The van der Waals surface area contributed by atoms with E-state index < -0.39 is 0 Å². The van der Waals surface area contributed by atoms with Gasteiger partial charge >= 0.3 is 0 Å². The van der Waals surface area contributed by atoms with Crippen LogP contribution in [0.1, 0.15) is 5.56 Å². The van der Waals surface area contributed by atoms with Gasteiger partial charge in [0.2, 0.25) is 5.11 Å². The fourth-order valence-corrected chi connectivity index (χ4v) is 1.65. The van der Waals surface area contributed by atoms with Gasteiger partial charge in [-0.15, -0.1) is 0 Å². The fraction of sp³-hybridized carbons (Fsp3) is 0. The zero-order valence-corrected chi connectivity index (χ0v) is 10.3. The van der Waals surface area contributed by atoms with E-state index in [2.05, 4.69) is 10.3 Å². The van der Waals surface area contributed by atoms with Crippen molar-refractivity contribution in [3.05, 3.63) is 53.6 Å². The summed E-state index contributed by atoms with van der Waals surface area (Å²) in [5.74, 6) is -0.188. The molecule has 3 N–H and O–H groups in total. The fourth-order valence-electron chi connectivity index (χ4n) is 1.46. The summed E-state index contributed by atoms with van der Waals surface area (Å²) in [5.41, 5.74) is 6.99. The van der Waals surface area contributed by atoms with Crippen molar-refractivity contribution in [2.75, 3.05) is 0 Å². The Hall–Kier alpha value is -2.27. The second-order valence-electron chi connectivity index (χ2n) is 3.61. The maximum atomic E-state index is 11.6. The summed E-state index contributed by atoms with van der Waals surface area (Å²) in [7, 11) is 0. The number of nitrogens with one attached hydrogen (secondary N) is 1. The number of amidine groups is 1. The Morgan fingerprint density at radius 1 is 1.28 bits per heavy atom. The van der Waals surface area contributed by atoms with E-state index in [-0.39, 0.29) is 16.9 Å². The van der Waals surface area contributed by atoms with Crippen LogP contribution in [0.25, 0.3) is 6.08 Å². The van der Waals surface area contributed by atoms with Crippen LogP contribution in [0.5, 0.6) is 0 Å². The van der Waals surface area contributed by atoms with Gasteiger partial charge < -0.3 is 5.73 Å². The molecule has 1 amide bonds. The number of aliphatic imine (C=N–C) groups is 1. The molecular formula is C13H11N3OS. The molecule has 4 nitrogen and oxygen atoms in total. The molecule has 0 saturated heterocycles. The standard InChI is InChI=1S/C13H11N3OS/c14-11-10(12(17)16-13(18)15-11)8-4-7-9-5-2-1-3-6-9/h1-8H,(H3,14,15,16,17,18)/b7-4+,10-8+. The van der Waals surface area contributed by atoms with Gasteiger partial charge in [-0.3, -0.25) is 10.1 Å². The molecular weight excluding hydrogens is 246 g/mol. The van der Waals surface area contributed by atoms with Crippen molar-refractivity contribution in [1.82, 2.24) is 5.32 Å². The molecule has 5 heteroatoms. The summed E-state index contributed by atoms with van der Waals surface area (Å²) in [5, 5.41) is 2.53. The van der Waals surface area contributed by atoms with Crippen LogP contribution in [0.4, 0.5) is 0 Å². The van der Waals surface area contributed by atoms with Crippen molar-refractivity contribution in [2.24, 2.45) is 10.7 Å². The normalized spacial score (nSPS) is 18.0. The molecule has 0 spiro atoms. The highest BCUT2D eigenvalue weighted by atomic mass is 32.1. The van der Waals surface area contributed by atoms with Crippen LogP contribution in [0.2, 0.25) is 0 Å². The molecule has 2 rings (SSSR count). The molecule has 0 aromatic heterocycles. The number of carbonyl (C=O) groups is 1. The lowest BCUT2D eigenvalue weighted by Gasteiger charge is -2.12. The van der Waals surface area contributed by atoms with E-state index in [1.165, 1.54) is 0 Å². The molecule has 0 atom stereocenters.